The molecule has 0 rings (SSSR count). The summed E-state index contributed by atoms with van der Waals surface area (Å²) in [6.07, 6.45) is 0. The summed E-state index contributed by atoms with van der Waals surface area (Å²) in [6, 6.07) is 0. The molecule has 0 aliphatic carbocycles. The fourth-order valence-electron chi connectivity index (χ4n) is 1.48. The van der Waals surface area contributed by atoms with Gasteiger partial charge < -0.3 is 18.9 Å². The molecular formula is C11H20O8Si2. The van der Waals surface area contributed by atoms with Gasteiger partial charge in [0.05, 0.1) is 0 Å². The van der Waals surface area contributed by atoms with Crippen LogP contribution in [0.15, 0.2) is 0 Å². The molecule has 0 bridgehead atoms. The molecule has 0 spiro atoms. The highest BCUT2D eigenvalue weighted by atomic mass is 28.3. The summed E-state index contributed by atoms with van der Waals surface area (Å²) in [4.78, 5) is 43.6. The summed E-state index contributed by atoms with van der Waals surface area (Å²) in [7, 11) is -2.16. The van der Waals surface area contributed by atoms with E-state index >= 15 is 0 Å². The molecule has 0 unspecified atom stereocenters. The van der Waals surface area contributed by atoms with Crippen molar-refractivity contribution < 1.29 is 38.1 Å². The van der Waals surface area contributed by atoms with Crippen molar-refractivity contribution in [1.29, 1.82) is 0 Å². The summed E-state index contributed by atoms with van der Waals surface area (Å²) >= 11 is 0. The SMILES string of the molecule is CC(=O)OC(OC(C)=O)[SiH2]C[SiH2]C(OC(C)=O)OC(C)=O. The minimum Gasteiger partial charge on any atom is -0.431 e. The maximum absolute atomic E-state index is 10.9. The third-order valence-corrected chi connectivity index (χ3v) is 6.94. The fraction of sp³-hybridized carbons (Fsp3) is 0.636. The molecule has 0 amide bonds. The van der Waals surface area contributed by atoms with E-state index in [1.54, 1.807) is 0 Å². The van der Waals surface area contributed by atoms with Gasteiger partial charge in [-0.15, -0.1) is 0 Å². The van der Waals surface area contributed by atoms with Gasteiger partial charge in [0.25, 0.3) is 0 Å². The summed E-state index contributed by atoms with van der Waals surface area (Å²) in [5.74, 6) is -3.83. The molecule has 120 valence electrons. The minimum atomic E-state index is -1.08. The van der Waals surface area contributed by atoms with Crippen molar-refractivity contribution in [2.75, 3.05) is 0 Å². The molecule has 0 atom stereocenters. The molecule has 0 radical (unpaired) electrons. The number of hydrogen-bond donors (Lipinski definition) is 0. The zero-order valence-electron chi connectivity index (χ0n) is 12.5. The molecule has 0 heterocycles. The lowest BCUT2D eigenvalue weighted by molar-refractivity contribution is -0.172. The number of carbonyl (C=O) groups excluding carboxylic acids is 4. The first kappa shape index (κ1) is 19.3. The summed E-state index contributed by atoms with van der Waals surface area (Å²) in [6.45, 7) is 4.90. The second-order valence-electron chi connectivity index (χ2n) is 4.23. The topological polar surface area (TPSA) is 105 Å². The Morgan fingerprint density at radius 2 is 0.905 bits per heavy atom. The van der Waals surface area contributed by atoms with Crippen LogP contribution in [0.3, 0.4) is 0 Å². The highest BCUT2D eigenvalue weighted by Crippen LogP contribution is 2.02. The van der Waals surface area contributed by atoms with Crippen LogP contribution in [0, 0.1) is 0 Å². The molecule has 10 heteroatoms. The van der Waals surface area contributed by atoms with Gasteiger partial charge in [-0.3, -0.25) is 19.2 Å². The van der Waals surface area contributed by atoms with Crippen LogP contribution < -0.4 is 0 Å². The summed E-state index contributed by atoms with van der Waals surface area (Å²) in [5, 5.41) is 0. The normalized spacial score (nSPS) is 11.3. The van der Waals surface area contributed by atoms with Gasteiger partial charge in [-0.1, -0.05) is 5.67 Å². The first-order valence-corrected chi connectivity index (χ1v) is 10.0. The molecule has 8 nitrogen and oxygen atoms in total. The molecule has 0 aliphatic heterocycles. The fourth-order valence-corrected chi connectivity index (χ4v) is 6.50. The standard InChI is InChI=1S/C11H20O8Si2/c1-6(12)16-10(17-7(2)13)20-5-21-11(18-8(3)14)19-9(4)15/h10-11H,5,20-21H2,1-4H3. The Kier molecular flexibility index (Phi) is 9.29. The number of carbonyl (C=O) groups is 4. The van der Waals surface area contributed by atoms with Crippen LogP contribution in [0.1, 0.15) is 27.7 Å². The third kappa shape index (κ3) is 11.8. The van der Waals surface area contributed by atoms with Crippen molar-refractivity contribution in [2.45, 2.75) is 45.2 Å². The van der Waals surface area contributed by atoms with E-state index in [-0.39, 0.29) is 0 Å². The van der Waals surface area contributed by atoms with Crippen LogP contribution in [0.4, 0.5) is 0 Å². The van der Waals surface area contributed by atoms with E-state index in [9.17, 15) is 19.2 Å². The maximum atomic E-state index is 10.9. The zero-order valence-corrected chi connectivity index (χ0v) is 15.4. The van der Waals surface area contributed by atoms with Gasteiger partial charge >= 0.3 is 23.9 Å². The molecule has 0 saturated carbocycles. The van der Waals surface area contributed by atoms with Crippen LogP contribution >= 0.6 is 0 Å². The van der Waals surface area contributed by atoms with Gasteiger partial charge in [0.1, 0.15) is 19.0 Å². The van der Waals surface area contributed by atoms with Crippen LogP contribution in [0.5, 0.6) is 0 Å². The highest BCUT2D eigenvalue weighted by Gasteiger charge is 2.20. The number of hydrogen-bond acceptors (Lipinski definition) is 8. The number of esters is 4. The summed E-state index contributed by atoms with van der Waals surface area (Å²) in [5.41, 5.74) is 0.621. The maximum Gasteiger partial charge on any atom is 0.305 e. The van der Waals surface area contributed by atoms with E-state index in [4.69, 9.17) is 18.9 Å². The van der Waals surface area contributed by atoms with E-state index in [1.165, 1.54) is 27.7 Å². The first-order valence-electron chi connectivity index (χ1n) is 6.39. The molecule has 0 aromatic carbocycles. The van der Waals surface area contributed by atoms with E-state index in [2.05, 4.69) is 0 Å². The van der Waals surface area contributed by atoms with Gasteiger partial charge in [-0.25, -0.2) is 0 Å². The molecule has 0 aliphatic rings. The lowest BCUT2D eigenvalue weighted by Crippen LogP contribution is -2.33. The van der Waals surface area contributed by atoms with Crippen molar-refractivity contribution in [3.8, 4) is 0 Å². The Hall–Kier alpha value is -1.69. The van der Waals surface area contributed by atoms with Crippen molar-refractivity contribution in [3.05, 3.63) is 0 Å². The Bertz CT molecular complexity index is 330. The lowest BCUT2D eigenvalue weighted by Gasteiger charge is -2.19. The molecule has 0 aromatic heterocycles. The predicted octanol–water partition coefficient (Wildman–Crippen LogP) is -1.48. The molecule has 0 aromatic rings. The highest BCUT2D eigenvalue weighted by molar-refractivity contribution is 6.57. The quantitative estimate of drug-likeness (QED) is 0.300. The van der Waals surface area contributed by atoms with Crippen molar-refractivity contribution >= 4 is 42.9 Å². The molecule has 0 fully saturated rings. The van der Waals surface area contributed by atoms with Crippen LogP contribution in [-0.4, -0.2) is 54.7 Å². The smallest absolute Gasteiger partial charge is 0.305 e. The molecule has 21 heavy (non-hydrogen) atoms. The zero-order chi connectivity index (χ0) is 16.4. The third-order valence-electron chi connectivity index (χ3n) is 2.07. The monoisotopic (exact) mass is 336 g/mol. The summed E-state index contributed by atoms with van der Waals surface area (Å²) < 4.78 is 19.6. The van der Waals surface area contributed by atoms with E-state index in [0.717, 1.165) is 0 Å². The van der Waals surface area contributed by atoms with Gasteiger partial charge in [-0.2, -0.15) is 0 Å². The Morgan fingerprint density at radius 3 is 1.10 bits per heavy atom. The molecule has 0 N–H and O–H groups in total. The second-order valence-corrected chi connectivity index (χ2v) is 9.54. The average Bonchev–Trinajstić information content (AvgIpc) is 2.24. The molecule has 0 saturated heterocycles. The van der Waals surface area contributed by atoms with E-state index in [1.807, 2.05) is 0 Å². The predicted molar refractivity (Wildman–Crippen MR) is 76.5 cm³/mol. The van der Waals surface area contributed by atoms with Crippen molar-refractivity contribution in [3.63, 3.8) is 0 Å². The van der Waals surface area contributed by atoms with E-state index < -0.39 is 54.7 Å². The lowest BCUT2D eigenvalue weighted by atomic mass is 10.8. The van der Waals surface area contributed by atoms with Crippen LogP contribution in [0.2, 0.25) is 5.67 Å². The Balaban J connectivity index is 4.34. The van der Waals surface area contributed by atoms with Gasteiger partial charge in [-0.05, 0) is 0 Å². The van der Waals surface area contributed by atoms with Gasteiger partial charge in [0.2, 0.25) is 11.8 Å². The Labute approximate surface area is 127 Å². The number of ether oxygens (including phenoxy) is 4. The van der Waals surface area contributed by atoms with Crippen molar-refractivity contribution in [1.82, 2.24) is 0 Å². The van der Waals surface area contributed by atoms with Gasteiger partial charge in [0.15, 0.2) is 0 Å². The Morgan fingerprint density at radius 1 is 0.667 bits per heavy atom. The minimum absolute atomic E-state index is 0.535. The van der Waals surface area contributed by atoms with Crippen LogP contribution in [-0.2, 0) is 38.1 Å². The van der Waals surface area contributed by atoms with E-state index in [0.29, 0.717) is 5.67 Å². The van der Waals surface area contributed by atoms with Crippen molar-refractivity contribution in [2.24, 2.45) is 0 Å². The van der Waals surface area contributed by atoms with Gasteiger partial charge in [0, 0.05) is 27.7 Å². The second kappa shape index (κ2) is 10.1. The average molecular weight is 336 g/mol. The van der Waals surface area contributed by atoms with Crippen LogP contribution in [0.25, 0.3) is 0 Å². The first-order chi connectivity index (χ1) is 9.70. The molecular weight excluding hydrogens is 316 g/mol. The largest absolute Gasteiger partial charge is 0.431 e. The number of rotatable bonds is 8.